The van der Waals surface area contributed by atoms with Gasteiger partial charge in [0.15, 0.2) is 0 Å². The van der Waals surface area contributed by atoms with Crippen LogP contribution in [0.1, 0.15) is 23.0 Å². The summed E-state index contributed by atoms with van der Waals surface area (Å²) in [6, 6.07) is 9.73. The molecule has 1 amide bonds. The molecule has 2 heterocycles. The number of carbonyl (C=O) groups is 1. The number of fused-ring (bicyclic) bond motifs is 1. The number of aryl methyl sites for hydroxylation is 1. The van der Waals surface area contributed by atoms with Crippen LogP contribution in [0, 0.1) is 6.92 Å². The molecule has 0 aliphatic carbocycles. The van der Waals surface area contributed by atoms with Crippen LogP contribution in [0.3, 0.4) is 0 Å². The second kappa shape index (κ2) is 6.64. The van der Waals surface area contributed by atoms with Crippen LogP contribution in [0.5, 0.6) is 0 Å². The fraction of sp³-hybridized carbons (Fsp3) is 0.444. The van der Waals surface area contributed by atoms with Gasteiger partial charge in [-0.15, -0.1) is 0 Å². The van der Waals surface area contributed by atoms with Gasteiger partial charge in [0.25, 0.3) is 5.91 Å². The number of amides is 1. The molecule has 0 bridgehead atoms. The van der Waals surface area contributed by atoms with Crippen molar-refractivity contribution < 1.29 is 9.90 Å². The Morgan fingerprint density at radius 2 is 1.96 bits per heavy atom. The van der Waals surface area contributed by atoms with Gasteiger partial charge < -0.3 is 10.0 Å². The summed E-state index contributed by atoms with van der Waals surface area (Å²) in [4.78, 5) is 21.5. The SMILES string of the molecule is Cc1ccc2cccc(C(=O)N3CCN(C[C@@H](C)O)CC3)c2n1. The minimum absolute atomic E-state index is 0.0467. The van der Waals surface area contributed by atoms with Crippen molar-refractivity contribution in [3.8, 4) is 0 Å². The molecule has 1 aromatic heterocycles. The number of hydrogen-bond acceptors (Lipinski definition) is 4. The summed E-state index contributed by atoms with van der Waals surface area (Å²) < 4.78 is 0. The first-order valence-corrected chi connectivity index (χ1v) is 8.10. The Hall–Kier alpha value is -1.98. The fourth-order valence-electron chi connectivity index (χ4n) is 3.09. The van der Waals surface area contributed by atoms with E-state index in [1.165, 1.54) is 0 Å². The van der Waals surface area contributed by atoms with Crippen molar-refractivity contribution in [2.24, 2.45) is 0 Å². The van der Waals surface area contributed by atoms with Crippen LogP contribution in [0.4, 0.5) is 0 Å². The number of nitrogens with zero attached hydrogens (tertiary/aromatic N) is 3. The molecule has 5 nitrogen and oxygen atoms in total. The summed E-state index contributed by atoms with van der Waals surface area (Å²) in [5.41, 5.74) is 2.37. The highest BCUT2D eigenvalue weighted by molar-refractivity contribution is 6.05. The Labute approximate surface area is 136 Å². The number of benzene rings is 1. The van der Waals surface area contributed by atoms with Crippen molar-refractivity contribution in [1.82, 2.24) is 14.8 Å². The zero-order chi connectivity index (χ0) is 16.4. The van der Waals surface area contributed by atoms with Crippen molar-refractivity contribution in [2.45, 2.75) is 20.0 Å². The molecule has 1 saturated heterocycles. The van der Waals surface area contributed by atoms with E-state index in [9.17, 15) is 9.90 Å². The van der Waals surface area contributed by atoms with Crippen LogP contribution in [0.25, 0.3) is 10.9 Å². The molecule has 2 aromatic rings. The second-order valence-corrected chi connectivity index (χ2v) is 6.27. The Balaban J connectivity index is 1.78. The van der Waals surface area contributed by atoms with Crippen molar-refractivity contribution in [3.63, 3.8) is 0 Å². The molecule has 122 valence electrons. The maximum absolute atomic E-state index is 12.9. The normalized spacial score (nSPS) is 17.4. The summed E-state index contributed by atoms with van der Waals surface area (Å²) >= 11 is 0. The molecule has 3 rings (SSSR count). The number of piperazine rings is 1. The smallest absolute Gasteiger partial charge is 0.256 e. The van der Waals surface area contributed by atoms with E-state index in [-0.39, 0.29) is 12.0 Å². The van der Waals surface area contributed by atoms with Gasteiger partial charge in [-0.3, -0.25) is 14.7 Å². The van der Waals surface area contributed by atoms with Gasteiger partial charge in [0.1, 0.15) is 0 Å². The van der Waals surface area contributed by atoms with E-state index in [1.807, 2.05) is 42.2 Å². The van der Waals surface area contributed by atoms with E-state index in [4.69, 9.17) is 0 Å². The fourth-order valence-corrected chi connectivity index (χ4v) is 3.09. The molecular formula is C18H23N3O2. The molecule has 1 aliphatic rings. The van der Waals surface area contributed by atoms with Gasteiger partial charge in [0.05, 0.1) is 17.2 Å². The highest BCUT2D eigenvalue weighted by Gasteiger charge is 2.24. The Morgan fingerprint density at radius 3 is 2.65 bits per heavy atom. The maximum Gasteiger partial charge on any atom is 0.256 e. The zero-order valence-corrected chi connectivity index (χ0v) is 13.7. The number of carbonyl (C=O) groups excluding carboxylic acids is 1. The standard InChI is InChI=1S/C18H23N3O2/c1-13-6-7-15-4-3-5-16(17(15)19-13)18(23)21-10-8-20(9-11-21)12-14(2)22/h3-7,14,22H,8-12H2,1-2H3/t14-/m1/s1. The first kappa shape index (κ1) is 15.9. The van der Waals surface area contributed by atoms with E-state index >= 15 is 0 Å². The predicted molar refractivity (Wildman–Crippen MR) is 90.5 cm³/mol. The second-order valence-electron chi connectivity index (χ2n) is 6.27. The Kier molecular flexibility index (Phi) is 4.59. The number of aliphatic hydroxyl groups excluding tert-OH is 1. The average Bonchev–Trinajstić information content (AvgIpc) is 2.54. The summed E-state index contributed by atoms with van der Waals surface area (Å²) in [5, 5.41) is 10.5. The lowest BCUT2D eigenvalue weighted by atomic mass is 10.1. The average molecular weight is 313 g/mol. The quantitative estimate of drug-likeness (QED) is 0.937. The van der Waals surface area contributed by atoms with E-state index < -0.39 is 0 Å². The lowest BCUT2D eigenvalue weighted by molar-refractivity contribution is 0.0555. The third kappa shape index (κ3) is 3.51. The molecule has 1 fully saturated rings. The van der Waals surface area contributed by atoms with Crippen LogP contribution in [0.2, 0.25) is 0 Å². The van der Waals surface area contributed by atoms with Gasteiger partial charge in [0.2, 0.25) is 0 Å². The number of rotatable bonds is 3. The zero-order valence-electron chi connectivity index (χ0n) is 13.7. The number of hydrogen-bond donors (Lipinski definition) is 1. The highest BCUT2D eigenvalue weighted by Crippen LogP contribution is 2.19. The number of β-amino-alcohol motifs (C(OH)–C–C–N with tert-alkyl or cyclic N) is 1. The minimum atomic E-state index is -0.331. The van der Waals surface area contributed by atoms with Gasteiger partial charge >= 0.3 is 0 Å². The molecule has 5 heteroatoms. The molecule has 0 spiro atoms. The van der Waals surface area contributed by atoms with Crippen LogP contribution in [0.15, 0.2) is 30.3 Å². The van der Waals surface area contributed by atoms with Gasteiger partial charge in [0, 0.05) is 43.8 Å². The molecule has 1 atom stereocenters. The Morgan fingerprint density at radius 1 is 1.22 bits per heavy atom. The van der Waals surface area contributed by atoms with Crippen molar-refractivity contribution in [2.75, 3.05) is 32.7 Å². The van der Waals surface area contributed by atoms with Crippen LogP contribution >= 0.6 is 0 Å². The van der Waals surface area contributed by atoms with E-state index in [1.54, 1.807) is 6.92 Å². The van der Waals surface area contributed by atoms with Crippen LogP contribution in [-0.4, -0.2) is 64.6 Å². The Bertz CT molecular complexity index is 706. The molecule has 0 saturated carbocycles. The number of aromatic nitrogens is 1. The largest absolute Gasteiger partial charge is 0.392 e. The summed E-state index contributed by atoms with van der Waals surface area (Å²) in [5.74, 6) is 0.0467. The molecule has 1 N–H and O–H groups in total. The third-order valence-electron chi connectivity index (χ3n) is 4.27. The van der Waals surface area contributed by atoms with Crippen LogP contribution < -0.4 is 0 Å². The number of pyridine rings is 1. The maximum atomic E-state index is 12.9. The summed E-state index contributed by atoms with van der Waals surface area (Å²) in [6.45, 7) is 7.37. The summed E-state index contributed by atoms with van der Waals surface area (Å²) in [6.07, 6.45) is -0.331. The molecule has 1 aromatic carbocycles. The van der Waals surface area contributed by atoms with Crippen LogP contribution in [-0.2, 0) is 0 Å². The monoisotopic (exact) mass is 313 g/mol. The topological polar surface area (TPSA) is 56.7 Å². The van der Waals surface area contributed by atoms with Crippen molar-refractivity contribution >= 4 is 16.8 Å². The van der Waals surface area contributed by atoms with Gasteiger partial charge in [-0.2, -0.15) is 0 Å². The predicted octanol–water partition coefficient (Wildman–Crippen LogP) is 1.68. The third-order valence-corrected chi connectivity index (χ3v) is 4.27. The van der Waals surface area contributed by atoms with Crippen molar-refractivity contribution in [3.05, 3.63) is 41.6 Å². The van der Waals surface area contributed by atoms with E-state index in [0.717, 1.165) is 29.7 Å². The van der Waals surface area contributed by atoms with E-state index in [0.29, 0.717) is 25.2 Å². The molecular weight excluding hydrogens is 290 g/mol. The highest BCUT2D eigenvalue weighted by atomic mass is 16.3. The molecule has 0 radical (unpaired) electrons. The molecule has 1 aliphatic heterocycles. The van der Waals surface area contributed by atoms with Crippen molar-refractivity contribution in [1.29, 1.82) is 0 Å². The van der Waals surface area contributed by atoms with Gasteiger partial charge in [-0.1, -0.05) is 18.2 Å². The molecule has 0 unspecified atom stereocenters. The first-order valence-electron chi connectivity index (χ1n) is 8.10. The lowest BCUT2D eigenvalue weighted by Gasteiger charge is -2.35. The molecule has 23 heavy (non-hydrogen) atoms. The van der Waals surface area contributed by atoms with E-state index in [2.05, 4.69) is 9.88 Å². The summed E-state index contributed by atoms with van der Waals surface area (Å²) in [7, 11) is 0. The van der Waals surface area contributed by atoms with Gasteiger partial charge in [-0.05, 0) is 26.0 Å². The number of aliphatic hydroxyl groups is 1. The van der Waals surface area contributed by atoms with Gasteiger partial charge in [-0.25, -0.2) is 0 Å². The lowest BCUT2D eigenvalue weighted by Crippen LogP contribution is -2.50. The number of para-hydroxylation sites is 1. The first-order chi connectivity index (χ1) is 11.0. The minimum Gasteiger partial charge on any atom is -0.392 e.